The molecule has 1 amide bonds. The Kier molecular flexibility index (Phi) is 4.04. The van der Waals surface area contributed by atoms with Crippen molar-refractivity contribution in [2.75, 3.05) is 40.8 Å². The molecule has 1 aromatic rings. The monoisotopic (exact) mass is 290 g/mol. The Labute approximate surface area is 126 Å². The van der Waals surface area contributed by atoms with Gasteiger partial charge in [0.1, 0.15) is 5.69 Å². The molecule has 2 fully saturated rings. The van der Waals surface area contributed by atoms with Crippen LogP contribution in [0.3, 0.4) is 0 Å². The minimum absolute atomic E-state index is 0.150. The number of H-pyrrole nitrogens is 1. The van der Waals surface area contributed by atoms with Crippen molar-refractivity contribution in [1.29, 1.82) is 0 Å². The van der Waals surface area contributed by atoms with Gasteiger partial charge in [-0.1, -0.05) is 0 Å². The summed E-state index contributed by atoms with van der Waals surface area (Å²) in [5, 5.41) is 0. The van der Waals surface area contributed by atoms with Gasteiger partial charge >= 0.3 is 0 Å². The Balaban J connectivity index is 1.65. The molecule has 5 nitrogen and oxygen atoms in total. The molecule has 0 spiro atoms. The maximum Gasteiger partial charge on any atom is 0.270 e. The molecule has 116 valence electrons. The van der Waals surface area contributed by atoms with E-state index in [0.29, 0.717) is 23.7 Å². The van der Waals surface area contributed by atoms with Gasteiger partial charge in [-0.25, -0.2) is 0 Å². The number of rotatable bonds is 3. The average Bonchev–Trinajstić information content (AvgIpc) is 3.07. The number of likely N-dealkylation sites (tertiary alicyclic amines) is 2. The highest BCUT2D eigenvalue weighted by molar-refractivity contribution is 5.92. The van der Waals surface area contributed by atoms with Crippen LogP contribution >= 0.6 is 0 Å². The largest absolute Gasteiger partial charge is 0.357 e. The highest BCUT2D eigenvalue weighted by Gasteiger charge is 2.42. The van der Waals surface area contributed by atoms with Gasteiger partial charge in [-0.3, -0.25) is 9.69 Å². The number of aromatic amines is 1. The fourth-order valence-corrected chi connectivity index (χ4v) is 4.02. The van der Waals surface area contributed by atoms with E-state index in [-0.39, 0.29) is 5.91 Å². The lowest BCUT2D eigenvalue weighted by Gasteiger charge is -2.37. The van der Waals surface area contributed by atoms with E-state index in [9.17, 15) is 4.79 Å². The first-order chi connectivity index (χ1) is 10.1. The van der Waals surface area contributed by atoms with Gasteiger partial charge in [0.15, 0.2) is 0 Å². The number of carbonyl (C=O) groups excluding carboxylic acids is 1. The van der Waals surface area contributed by atoms with E-state index >= 15 is 0 Å². The number of nitrogens with zero attached hydrogens (tertiary/aromatic N) is 3. The van der Waals surface area contributed by atoms with E-state index in [1.165, 1.54) is 6.42 Å². The quantitative estimate of drug-likeness (QED) is 0.907. The summed E-state index contributed by atoms with van der Waals surface area (Å²) in [5.41, 5.74) is 0.713. The number of carbonyl (C=O) groups is 1. The maximum absolute atomic E-state index is 12.5. The Morgan fingerprint density at radius 1 is 1.48 bits per heavy atom. The summed E-state index contributed by atoms with van der Waals surface area (Å²) in [6.45, 7) is 2.88. The second-order valence-corrected chi connectivity index (χ2v) is 6.77. The van der Waals surface area contributed by atoms with E-state index in [0.717, 1.165) is 26.1 Å². The third-order valence-corrected chi connectivity index (χ3v) is 5.06. The fourth-order valence-electron chi connectivity index (χ4n) is 4.02. The van der Waals surface area contributed by atoms with E-state index in [4.69, 9.17) is 0 Å². The Morgan fingerprint density at radius 3 is 2.95 bits per heavy atom. The molecular weight excluding hydrogens is 264 g/mol. The molecule has 0 saturated carbocycles. The number of piperidine rings is 1. The average molecular weight is 290 g/mol. The lowest BCUT2D eigenvalue weighted by atomic mass is 9.92. The van der Waals surface area contributed by atoms with Gasteiger partial charge in [0, 0.05) is 37.9 Å². The standard InChI is InChI=1S/C16H26N4O/c1-18(2)11-13-9-12-10-20(8-6-15(12)19(13)3)16(21)14-5-4-7-17-14/h4-5,7,12-13,15,17H,6,8-11H2,1-3H3/t12-,13+,15+/m1/s1. The summed E-state index contributed by atoms with van der Waals surface area (Å²) in [6, 6.07) is 5.01. The second kappa shape index (κ2) is 5.81. The number of nitrogens with one attached hydrogen (secondary N) is 1. The Hall–Kier alpha value is -1.33. The zero-order valence-corrected chi connectivity index (χ0v) is 13.2. The van der Waals surface area contributed by atoms with Crippen molar-refractivity contribution >= 4 is 5.91 Å². The first kappa shape index (κ1) is 14.6. The van der Waals surface area contributed by atoms with Crippen LogP contribution in [0.1, 0.15) is 23.3 Å². The van der Waals surface area contributed by atoms with Crippen LogP contribution in [0.25, 0.3) is 0 Å². The van der Waals surface area contributed by atoms with Gasteiger partial charge in [0.2, 0.25) is 0 Å². The molecule has 0 bridgehead atoms. The zero-order valence-electron chi connectivity index (χ0n) is 13.2. The normalized spacial score (nSPS) is 29.9. The predicted molar refractivity (Wildman–Crippen MR) is 83.3 cm³/mol. The number of aromatic nitrogens is 1. The van der Waals surface area contributed by atoms with Crippen LogP contribution in [-0.4, -0.2) is 78.5 Å². The van der Waals surface area contributed by atoms with Gasteiger partial charge in [-0.2, -0.15) is 0 Å². The molecule has 0 aliphatic carbocycles. The van der Waals surface area contributed by atoms with Crippen molar-refractivity contribution in [1.82, 2.24) is 19.7 Å². The van der Waals surface area contributed by atoms with Gasteiger partial charge in [0.05, 0.1) is 0 Å². The minimum atomic E-state index is 0.150. The molecule has 21 heavy (non-hydrogen) atoms. The van der Waals surface area contributed by atoms with Crippen LogP contribution in [0.4, 0.5) is 0 Å². The first-order valence-electron chi connectivity index (χ1n) is 7.85. The van der Waals surface area contributed by atoms with Crippen molar-refractivity contribution in [3.05, 3.63) is 24.0 Å². The molecule has 2 aliphatic rings. The van der Waals surface area contributed by atoms with E-state index in [2.05, 4.69) is 35.9 Å². The van der Waals surface area contributed by atoms with Crippen LogP contribution < -0.4 is 0 Å². The van der Waals surface area contributed by atoms with Crippen molar-refractivity contribution in [3.63, 3.8) is 0 Å². The van der Waals surface area contributed by atoms with Gasteiger partial charge in [-0.05, 0) is 52.0 Å². The zero-order chi connectivity index (χ0) is 15.0. The first-order valence-corrected chi connectivity index (χ1v) is 7.85. The highest BCUT2D eigenvalue weighted by atomic mass is 16.2. The van der Waals surface area contributed by atoms with E-state index < -0.39 is 0 Å². The minimum Gasteiger partial charge on any atom is -0.357 e. The summed E-state index contributed by atoms with van der Waals surface area (Å²) < 4.78 is 0. The number of likely N-dealkylation sites (N-methyl/N-ethyl adjacent to an activating group) is 2. The van der Waals surface area contributed by atoms with E-state index in [1.54, 1.807) is 0 Å². The Morgan fingerprint density at radius 2 is 2.29 bits per heavy atom. The molecule has 3 rings (SSSR count). The molecular formula is C16H26N4O. The summed E-state index contributed by atoms with van der Waals surface area (Å²) in [7, 11) is 6.52. The van der Waals surface area contributed by atoms with Crippen LogP contribution in [0.5, 0.6) is 0 Å². The molecule has 2 aliphatic heterocycles. The predicted octanol–water partition coefficient (Wildman–Crippen LogP) is 1.11. The van der Waals surface area contributed by atoms with Crippen molar-refractivity contribution in [2.45, 2.75) is 24.9 Å². The molecule has 1 aromatic heterocycles. The fraction of sp³-hybridized carbons (Fsp3) is 0.688. The van der Waals surface area contributed by atoms with Gasteiger partial charge in [0.25, 0.3) is 5.91 Å². The second-order valence-electron chi connectivity index (χ2n) is 6.77. The summed E-state index contributed by atoms with van der Waals surface area (Å²) in [6.07, 6.45) is 4.11. The molecule has 0 radical (unpaired) electrons. The van der Waals surface area contributed by atoms with Crippen LogP contribution in [0.15, 0.2) is 18.3 Å². The molecule has 0 aromatic carbocycles. The molecule has 2 saturated heterocycles. The number of fused-ring (bicyclic) bond motifs is 1. The molecule has 1 N–H and O–H groups in total. The van der Waals surface area contributed by atoms with Gasteiger partial charge < -0.3 is 14.8 Å². The molecule has 0 unspecified atom stereocenters. The van der Waals surface area contributed by atoms with Crippen LogP contribution in [0.2, 0.25) is 0 Å². The van der Waals surface area contributed by atoms with Crippen molar-refractivity contribution in [3.8, 4) is 0 Å². The number of amides is 1. The topological polar surface area (TPSA) is 42.6 Å². The summed E-state index contributed by atoms with van der Waals surface area (Å²) >= 11 is 0. The number of hydrogen-bond acceptors (Lipinski definition) is 3. The van der Waals surface area contributed by atoms with Crippen LogP contribution in [0, 0.1) is 5.92 Å². The lowest BCUT2D eigenvalue weighted by Crippen LogP contribution is -2.48. The van der Waals surface area contributed by atoms with Gasteiger partial charge in [-0.15, -0.1) is 0 Å². The smallest absolute Gasteiger partial charge is 0.270 e. The summed E-state index contributed by atoms with van der Waals surface area (Å²) in [5.74, 6) is 0.768. The van der Waals surface area contributed by atoms with Crippen molar-refractivity contribution in [2.24, 2.45) is 5.92 Å². The van der Waals surface area contributed by atoms with E-state index in [1.807, 2.05) is 23.2 Å². The lowest BCUT2D eigenvalue weighted by molar-refractivity contribution is 0.0601. The Bertz CT molecular complexity index is 484. The number of hydrogen-bond donors (Lipinski definition) is 1. The van der Waals surface area contributed by atoms with Crippen LogP contribution in [-0.2, 0) is 0 Å². The summed E-state index contributed by atoms with van der Waals surface area (Å²) in [4.78, 5) is 22.3. The molecule has 3 heterocycles. The highest BCUT2D eigenvalue weighted by Crippen LogP contribution is 2.34. The molecule has 5 heteroatoms. The third kappa shape index (κ3) is 2.85. The maximum atomic E-state index is 12.5. The van der Waals surface area contributed by atoms with Crippen molar-refractivity contribution < 1.29 is 4.79 Å². The SMILES string of the molecule is CN(C)C[C@@H]1C[C@@H]2CN(C(=O)c3ccc[nH]3)CC[C@@H]2N1C. The molecule has 3 atom stereocenters. The third-order valence-electron chi connectivity index (χ3n) is 5.06.